The van der Waals surface area contributed by atoms with Crippen LogP contribution in [-0.4, -0.2) is 74.6 Å². The van der Waals surface area contributed by atoms with Crippen LogP contribution < -0.4 is 10.2 Å². The molecule has 0 bridgehead atoms. The molecule has 3 heterocycles. The Labute approximate surface area is 149 Å². The van der Waals surface area contributed by atoms with E-state index in [9.17, 15) is 0 Å². The maximum absolute atomic E-state index is 4.63. The third-order valence-electron chi connectivity index (χ3n) is 4.86. The number of hydrogen-bond donors (Lipinski definition) is 1. The number of nitrogens with zero attached hydrogens (tertiary/aromatic N) is 5. The van der Waals surface area contributed by atoms with Gasteiger partial charge >= 0.3 is 0 Å². The molecule has 1 N–H and O–H groups in total. The first kappa shape index (κ1) is 17.5. The zero-order valence-corrected chi connectivity index (χ0v) is 16.0. The molecule has 7 heteroatoms. The first-order chi connectivity index (χ1) is 11.7. The molecule has 1 aromatic heterocycles. The lowest BCUT2D eigenvalue weighted by Gasteiger charge is -2.23. The normalized spacial score (nSPS) is 22.4. The Kier molecular flexibility index (Phi) is 5.94. The molecule has 0 aromatic carbocycles. The van der Waals surface area contributed by atoms with Gasteiger partial charge in [-0.25, -0.2) is 4.98 Å². The lowest BCUT2D eigenvalue weighted by atomic mass is 10.1. The van der Waals surface area contributed by atoms with Gasteiger partial charge in [-0.2, -0.15) is 0 Å². The third-order valence-corrected chi connectivity index (χ3v) is 5.92. The van der Waals surface area contributed by atoms with Crippen molar-refractivity contribution < 1.29 is 0 Å². The SMILES string of the molecule is CN=C(NCc1csc(N(C)C)n1)N1CCC(CN2CCCC2)C1. The van der Waals surface area contributed by atoms with Gasteiger partial charge in [0.25, 0.3) is 0 Å². The molecule has 134 valence electrons. The summed E-state index contributed by atoms with van der Waals surface area (Å²) >= 11 is 1.68. The standard InChI is InChI=1S/C17H30N6S/c1-18-16(19-10-15-13-24-17(20-15)21(2)3)23-9-6-14(12-23)11-22-7-4-5-8-22/h13-14H,4-12H2,1-3H3,(H,18,19). The van der Waals surface area contributed by atoms with Crippen molar-refractivity contribution in [1.29, 1.82) is 0 Å². The molecule has 2 fully saturated rings. The van der Waals surface area contributed by atoms with Gasteiger partial charge in [0.2, 0.25) is 0 Å². The number of likely N-dealkylation sites (tertiary alicyclic amines) is 2. The molecule has 6 nitrogen and oxygen atoms in total. The predicted molar refractivity (Wildman–Crippen MR) is 102 cm³/mol. The summed E-state index contributed by atoms with van der Waals surface area (Å²) in [6, 6.07) is 0. The molecule has 0 saturated carbocycles. The molecule has 2 aliphatic rings. The molecule has 0 spiro atoms. The first-order valence-corrected chi connectivity index (χ1v) is 9.83. The highest BCUT2D eigenvalue weighted by atomic mass is 32.1. The van der Waals surface area contributed by atoms with Gasteiger partial charge in [0.05, 0.1) is 12.2 Å². The highest BCUT2D eigenvalue weighted by Gasteiger charge is 2.27. The number of aromatic nitrogens is 1. The molecule has 1 atom stereocenters. The topological polar surface area (TPSA) is 47.0 Å². The Balaban J connectivity index is 1.47. The number of rotatable bonds is 5. The Morgan fingerprint density at radius 2 is 2.17 bits per heavy atom. The van der Waals surface area contributed by atoms with E-state index in [1.165, 1.54) is 38.9 Å². The van der Waals surface area contributed by atoms with Crippen molar-refractivity contribution in [2.75, 3.05) is 58.8 Å². The van der Waals surface area contributed by atoms with E-state index in [-0.39, 0.29) is 0 Å². The van der Waals surface area contributed by atoms with Crippen molar-refractivity contribution in [1.82, 2.24) is 20.1 Å². The summed E-state index contributed by atoms with van der Waals surface area (Å²) in [7, 11) is 5.93. The molecule has 0 radical (unpaired) electrons. The summed E-state index contributed by atoms with van der Waals surface area (Å²) in [5, 5.41) is 6.65. The van der Waals surface area contributed by atoms with Crippen LogP contribution in [0.15, 0.2) is 10.4 Å². The lowest BCUT2D eigenvalue weighted by molar-refractivity contribution is 0.281. The second-order valence-corrected chi connectivity index (χ2v) is 7.86. The van der Waals surface area contributed by atoms with E-state index in [2.05, 4.69) is 30.5 Å². The van der Waals surface area contributed by atoms with Gasteiger partial charge in [-0.1, -0.05) is 0 Å². The summed E-state index contributed by atoms with van der Waals surface area (Å²) in [4.78, 5) is 16.2. The quantitative estimate of drug-likeness (QED) is 0.647. The van der Waals surface area contributed by atoms with Crippen molar-refractivity contribution in [3.63, 3.8) is 0 Å². The maximum Gasteiger partial charge on any atom is 0.193 e. The largest absolute Gasteiger partial charge is 0.354 e. The summed E-state index contributed by atoms with van der Waals surface area (Å²) in [5.74, 6) is 1.79. The van der Waals surface area contributed by atoms with Gasteiger partial charge in [0, 0.05) is 46.2 Å². The van der Waals surface area contributed by atoms with Gasteiger partial charge in [-0.05, 0) is 38.3 Å². The van der Waals surface area contributed by atoms with Crippen LogP contribution in [0.4, 0.5) is 5.13 Å². The van der Waals surface area contributed by atoms with E-state index in [0.29, 0.717) is 0 Å². The number of guanidine groups is 1. The van der Waals surface area contributed by atoms with Crippen molar-refractivity contribution in [2.45, 2.75) is 25.8 Å². The van der Waals surface area contributed by atoms with Crippen LogP contribution in [-0.2, 0) is 6.54 Å². The molecule has 1 aromatic rings. The highest BCUT2D eigenvalue weighted by molar-refractivity contribution is 7.13. The number of anilines is 1. The minimum Gasteiger partial charge on any atom is -0.354 e. The summed E-state index contributed by atoms with van der Waals surface area (Å²) in [5.41, 5.74) is 1.08. The van der Waals surface area contributed by atoms with Crippen LogP contribution in [0.5, 0.6) is 0 Å². The molecule has 24 heavy (non-hydrogen) atoms. The van der Waals surface area contributed by atoms with E-state index in [0.717, 1.165) is 42.3 Å². The maximum atomic E-state index is 4.63. The fourth-order valence-electron chi connectivity index (χ4n) is 3.59. The van der Waals surface area contributed by atoms with Crippen LogP contribution in [0.2, 0.25) is 0 Å². The van der Waals surface area contributed by atoms with E-state index < -0.39 is 0 Å². The third kappa shape index (κ3) is 4.39. The first-order valence-electron chi connectivity index (χ1n) is 8.95. The number of aliphatic imine (C=N–C) groups is 1. The minimum atomic E-state index is 0.740. The van der Waals surface area contributed by atoms with Crippen molar-refractivity contribution >= 4 is 22.4 Å². The minimum absolute atomic E-state index is 0.740. The Morgan fingerprint density at radius 1 is 1.38 bits per heavy atom. The van der Waals surface area contributed by atoms with E-state index in [1.54, 1.807) is 11.3 Å². The molecule has 3 rings (SSSR count). The summed E-state index contributed by atoms with van der Waals surface area (Å²) < 4.78 is 0. The van der Waals surface area contributed by atoms with Crippen molar-refractivity contribution in [3.05, 3.63) is 11.1 Å². The van der Waals surface area contributed by atoms with Crippen LogP contribution in [0.3, 0.4) is 0 Å². The molecular weight excluding hydrogens is 320 g/mol. The van der Waals surface area contributed by atoms with Gasteiger partial charge in [-0.3, -0.25) is 4.99 Å². The fraction of sp³-hybridized carbons (Fsp3) is 0.765. The smallest absolute Gasteiger partial charge is 0.193 e. The molecule has 1 unspecified atom stereocenters. The van der Waals surface area contributed by atoms with E-state index in [4.69, 9.17) is 0 Å². The van der Waals surface area contributed by atoms with Gasteiger partial charge in [-0.15, -0.1) is 11.3 Å². The molecular formula is C17H30N6S. The van der Waals surface area contributed by atoms with Crippen molar-refractivity contribution in [2.24, 2.45) is 10.9 Å². The fourth-order valence-corrected chi connectivity index (χ4v) is 4.35. The second kappa shape index (κ2) is 8.16. The van der Waals surface area contributed by atoms with Crippen LogP contribution in [0, 0.1) is 5.92 Å². The Hall–Kier alpha value is -1.34. The number of hydrogen-bond acceptors (Lipinski definition) is 5. The van der Waals surface area contributed by atoms with Crippen LogP contribution >= 0.6 is 11.3 Å². The number of nitrogens with one attached hydrogen (secondary N) is 1. The summed E-state index contributed by atoms with van der Waals surface area (Å²) in [6.07, 6.45) is 4.03. The molecule has 0 amide bonds. The van der Waals surface area contributed by atoms with Crippen LogP contribution in [0.25, 0.3) is 0 Å². The van der Waals surface area contributed by atoms with Gasteiger partial charge in [0.15, 0.2) is 11.1 Å². The summed E-state index contributed by atoms with van der Waals surface area (Å²) in [6.45, 7) is 6.81. The lowest BCUT2D eigenvalue weighted by Crippen LogP contribution is -2.40. The average Bonchev–Trinajstić information content (AvgIpc) is 3.30. The van der Waals surface area contributed by atoms with Gasteiger partial charge < -0.3 is 20.0 Å². The zero-order chi connectivity index (χ0) is 16.9. The predicted octanol–water partition coefficient (Wildman–Crippen LogP) is 1.70. The van der Waals surface area contributed by atoms with E-state index in [1.807, 2.05) is 26.0 Å². The Bertz CT molecular complexity index is 549. The molecule has 2 aliphatic heterocycles. The highest BCUT2D eigenvalue weighted by Crippen LogP contribution is 2.21. The molecule has 2 saturated heterocycles. The zero-order valence-electron chi connectivity index (χ0n) is 15.2. The monoisotopic (exact) mass is 350 g/mol. The second-order valence-electron chi connectivity index (χ2n) is 7.03. The average molecular weight is 351 g/mol. The number of thiazole rings is 1. The van der Waals surface area contributed by atoms with Crippen LogP contribution in [0.1, 0.15) is 25.0 Å². The van der Waals surface area contributed by atoms with Gasteiger partial charge in [0.1, 0.15) is 0 Å². The van der Waals surface area contributed by atoms with Crippen molar-refractivity contribution in [3.8, 4) is 0 Å². The van der Waals surface area contributed by atoms with E-state index >= 15 is 0 Å². The Morgan fingerprint density at radius 3 is 2.83 bits per heavy atom. The molecule has 0 aliphatic carbocycles.